The second-order valence-electron chi connectivity index (χ2n) is 6.71. The van der Waals surface area contributed by atoms with Gasteiger partial charge in [-0.15, -0.1) is 0 Å². The molecule has 1 heterocycles. The van der Waals surface area contributed by atoms with E-state index >= 15 is 0 Å². The lowest BCUT2D eigenvalue weighted by atomic mass is 9.48. The molecule has 5 rings (SSSR count). The molecule has 0 aromatic carbocycles. The molecule has 1 aliphatic heterocycles. The second kappa shape index (κ2) is 3.46. The Bertz CT molecular complexity index is 245. The quantitative estimate of drug-likeness (QED) is 0.679. The van der Waals surface area contributed by atoms with Crippen molar-refractivity contribution in [2.45, 2.75) is 44.6 Å². The minimum absolute atomic E-state index is 0.426. The normalized spacial score (nSPS) is 55.5. The lowest BCUT2D eigenvalue weighted by Crippen LogP contribution is -2.54. The summed E-state index contributed by atoms with van der Waals surface area (Å²) in [6.45, 7) is 2.50. The van der Waals surface area contributed by atoms with Crippen LogP contribution in [-0.4, -0.2) is 25.9 Å². The first-order valence-corrected chi connectivity index (χ1v) is 7.03. The van der Waals surface area contributed by atoms with E-state index in [9.17, 15) is 0 Å². The highest BCUT2D eigenvalue weighted by molar-refractivity contribution is 5.04. The molecule has 90 valence electrons. The van der Waals surface area contributed by atoms with Gasteiger partial charge in [-0.2, -0.15) is 0 Å². The first kappa shape index (κ1) is 9.90. The Kier molecular flexibility index (Phi) is 2.14. The van der Waals surface area contributed by atoms with Crippen molar-refractivity contribution in [1.29, 1.82) is 0 Å². The molecule has 0 spiro atoms. The number of ether oxygens (including phenoxy) is 2. The van der Waals surface area contributed by atoms with Crippen LogP contribution in [0.3, 0.4) is 0 Å². The van der Waals surface area contributed by atoms with Crippen molar-refractivity contribution in [2.24, 2.45) is 23.2 Å². The van der Waals surface area contributed by atoms with Gasteiger partial charge < -0.3 is 9.47 Å². The molecule has 5 fully saturated rings. The van der Waals surface area contributed by atoms with Gasteiger partial charge in [0.2, 0.25) is 0 Å². The van der Waals surface area contributed by atoms with E-state index in [-0.39, 0.29) is 0 Å². The molecule has 0 radical (unpaired) electrons. The zero-order valence-corrected chi connectivity index (χ0v) is 9.99. The zero-order valence-electron chi connectivity index (χ0n) is 9.99. The summed E-state index contributed by atoms with van der Waals surface area (Å²) >= 11 is 0. The molecule has 5 aliphatic rings. The van der Waals surface area contributed by atoms with Crippen LogP contribution < -0.4 is 0 Å². The predicted molar refractivity (Wildman–Crippen MR) is 61.2 cm³/mol. The van der Waals surface area contributed by atoms with E-state index in [2.05, 4.69) is 0 Å². The van der Waals surface area contributed by atoms with Gasteiger partial charge in [0, 0.05) is 0 Å². The Labute approximate surface area is 97.7 Å². The van der Waals surface area contributed by atoms with Crippen molar-refractivity contribution in [2.75, 3.05) is 19.8 Å². The van der Waals surface area contributed by atoms with Crippen molar-refractivity contribution in [3.05, 3.63) is 0 Å². The fraction of sp³-hybridized carbons (Fsp3) is 1.00. The summed E-state index contributed by atoms with van der Waals surface area (Å²) in [5.41, 5.74) is 0.523. The highest BCUT2D eigenvalue weighted by Gasteiger charge is 2.54. The average Bonchev–Trinajstić information content (AvgIpc) is 2.28. The van der Waals surface area contributed by atoms with Crippen LogP contribution in [0.2, 0.25) is 0 Å². The fourth-order valence-electron chi connectivity index (χ4n) is 5.41. The summed E-state index contributed by atoms with van der Waals surface area (Å²) < 4.78 is 11.7. The molecule has 0 aromatic heterocycles. The molecule has 2 nitrogen and oxygen atoms in total. The average molecular weight is 222 g/mol. The van der Waals surface area contributed by atoms with E-state index in [0.29, 0.717) is 11.5 Å². The summed E-state index contributed by atoms with van der Waals surface area (Å²) in [4.78, 5) is 0. The third kappa shape index (κ3) is 1.39. The van der Waals surface area contributed by atoms with E-state index in [0.717, 1.165) is 37.6 Å². The van der Waals surface area contributed by atoms with Crippen LogP contribution in [0.5, 0.6) is 0 Å². The van der Waals surface area contributed by atoms with Gasteiger partial charge in [0.15, 0.2) is 0 Å². The molecule has 1 unspecified atom stereocenters. The molecule has 0 N–H and O–H groups in total. The zero-order chi connectivity index (χ0) is 10.6. The largest absolute Gasteiger partial charge is 0.376 e. The summed E-state index contributed by atoms with van der Waals surface area (Å²) in [5, 5.41) is 0. The minimum Gasteiger partial charge on any atom is -0.376 e. The van der Waals surface area contributed by atoms with Crippen LogP contribution >= 0.6 is 0 Å². The van der Waals surface area contributed by atoms with Gasteiger partial charge in [-0.25, -0.2) is 0 Å². The van der Waals surface area contributed by atoms with E-state index in [4.69, 9.17) is 9.47 Å². The molecule has 0 amide bonds. The molecule has 4 bridgehead atoms. The monoisotopic (exact) mass is 222 g/mol. The summed E-state index contributed by atoms with van der Waals surface area (Å²) in [6.07, 6.45) is 9.30. The lowest BCUT2D eigenvalue weighted by molar-refractivity contribution is -0.191. The Balaban J connectivity index is 1.60. The first-order chi connectivity index (χ1) is 7.84. The maximum absolute atomic E-state index is 6.04. The minimum atomic E-state index is 0.426. The highest BCUT2D eigenvalue weighted by Crippen LogP contribution is 2.61. The van der Waals surface area contributed by atoms with Gasteiger partial charge in [-0.3, -0.25) is 0 Å². The predicted octanol–water partition coefficient (Wildman–Crippen LogP) is 2.62. The van der Waals surface area contributed by atoms with Crippen LogP contribution in [-0.2, 0) is 9.47 Å². The van der Waals surface area contributed by atoms with E-state index in [1.807, 2.05) is 0 Å². The highest BCUT2D eigenvalue weighted by atomic mass is 16.6. The van der Waals surface area contributed by atoms with Gasteiger partial charge in [0.05, 0.1) is 25.9 Å². The lowest BCUT2D eigenvalue weighted by Gasteiger charge is -2.59. The Morgan fingerprint density at radius 1 is 0.812 bits per heavy atom. The van der Waals surface area contributed by atoms with Gasteiger partial charge in [0.1, 0.15) is 0 Å². The Morgan fingerprint density at radius 2 is 1.44 bits per heavy atom. The molecule has 4 saturated carbocycles. The maximum Gasteiger partial charge on any atom is 0.0865 e. The topological polar surface area (TPSA) is 18.5 Å². The third-order valence-corrected chi connectivity index (χ3v) is 5.58. The van der Waals surface area contributed by atoms with Gasteiger partial charge in [-0.05, 0) is 61.7 Å². The van der Waals surface area contributed by atoms with Crippen molar-refractivity contribution in [3.63, 3.8) is 0 Å². The Morgan fingerprint density at radius 3 is 1.94 bits per heavy atom. The van der Waals surface area contributed by atoms with Crippen LogP contribution in [0.15, 0.2) is 0 Å². The molecule has 4 aliphatic carbocycles. The van der Waals surface area contributed by atoms with Crippen LogP contribution in [0, 0.1) is 23.2 Å². The molecular formula is C14H22O2. The summed E-state index contributed by atoms with van der Waals surface area (Å²) in [5.74, 6) is 3.07. The summed E-state index contributed by atoms with van der Waals surface area (Å²) in [6, 6.07) is 0. The van der Waals surface area contributed by atoms with Crippen molar-refractivity contribution >= 4 is 0 Å². The smallest absolute Gasteiger partial charge is 0.0865 e. The molecule has 0 aromatic rings. The third-order valence-electron chi connectivity index (χ3n) is 5.58. The second-order valence-corrected chi connectivity index (χ2v) is 6.71. The van der Waals surface area contributed by atoms with E-state index < -0.39 is 0 Å². The first-order valence-electron chi connectivity index (χ1n) is 7.03. The molecule has 2 heteroatoms. The maximum atomic E-state index is 6.04. The molecule has 1 atom stereocenters. The molecule has 16 heavy (non-hydrogen) atoms. The number of hydrogen-bond donors (Lipinski definition) is 0. The number of rotatable bonds is 1. The van der Waals surface area contributed by atoms with Gasteiger partial charge in [0.25, 0.3) is 0 Å². The van der Waals surface area contributed by atoms with Crippen molar-refractivity contribution in [1.82, 2.24) is 0 Å². The van der Waals surface area contributed by atoms with E-state index in [1.54, 1.807) is 0 Å². The molecular weight excluding hydrogens is 200 g/mol. The number of hydrogen-bond acceptors (Lipinski definition) is 2. The Hall–Kier alpha value is -0.0800. The van der Waals surface area contributed by atoms with Crippen molar-refractivity contribution < 1.29 is 9.47 Å². The fourth-order valence-corrected chi connectivity index (χ4v) is 5.41. The standard InChI is InChI=1S/C14H22O2/c1-2-16-13(9-15-1)14-6-10-3-11(7-14)5-12(4-10)8-14/h10-13H,1-9H2. The van der Waals surface area contributed by atoms with Gasteiger partial charge >= 0.3 is 0 Å². The van der Waals surface area contributed by atoms with Crippen molar-refractivity contribution in [3.8, 4) is 0 Å². The van der Waals surface area contributed by atoms with Crippen LogP contribution in [0.25, 0.3) is 0 Å². The SMILES string of the molecule is C1COC(C23CC4CC(CC(C4)C2)C3)CO1. The van der Waals surface area contributed by atoms with Gasteiger partial charge in [-0.1, -0.05) is 0 Å². The summed E-state index contributed by atoms with van der Waals surface area (Å²) in [7, 11) is 0. The van der Waals surface area contributed by atoms with Crippen LogP contribution in [0.4, 0.5) is 0 Å². The van der Waals surface area contributed by atoms with Crippen LogP contribution in [0.1, 0.15) is 38.5 Å². The molecule has 1 saturated heterocycles. The van der Waals surface area contributed by atoms with E-state index in [1.165, 1.54) is 38.5 Å².